The van der Waals surface area contributed by atoms with Crippen LogP contribution in [0.2, 0.25) is 0 Å². The number of aromatic nitrogens is 1. The standard InChI is InChI=1S/C10H17N5O3/c1-6(3-7(2)16)12-9-4-8(15(17)18)5-10(13-9)14-11/h4-7,16H,3,11H2,1-2H3,(H2,12,13,14). The van der Waals surface area contributed by atoms with Gasteiger partial charge in [0.2, 0.25) is 0 Å². The molecule has 1 heterocycles. The molecule has 2 atom stereocenters. The molecule has 0 aliphatic carbocycles. The van der Waals surface area contributed by atoms with Gasteiger partial charge in [0.1, 0.15) is 11.6 Å². The van der Waals surface area contributed by atoms with Crippen LogP contribution >= 0.6 is 0 Å². The Morgan fingerprint density at radius 2 is 2.11 bits per heavy atom. The predicted octanol–water partition coefficient (Wildman–Crippen LogP) is 0.847. The molecule has 2 unspecified atom stereocenters. The van der Waals surface area contributed by atoms with E-state index in [1.807, 2.05) is 6.92 Å². The lowest BCUT2D eigenvalue weighted by molar-refractivity contribution is -0.384. The number of nitrogen functional groups attached to an aromatic ring is 1. The van der Waals surface area contributed by atoms with Gasteiger partial charge >= 0.3 is 0 Å². The highest BCUT2D eigenvalue weighted by Gasteiger charge is 2.13. The van der Waals surface area contributed by atoms with Crippen LogP contribution in [0, 0.1) is 10.1 Å². The molecule has 0 fully saturated rings. The Balaban J connectivity index is 2.87. The van der Waals surface area contributed by atoms with Crippen molar-refractivity contribution in [3.8, 4) is 0 Å². The van der Waals surface area contributed by atoms with E-state index in [9.17, 15) is 15.2 Å². The van der Waals surface area contributed by atoms with E-state index >= 15 is 0 Å². The molecule has 1 rings (SSSR count). The Bertz CT molecular complexity index is 424. The quantitative estimate of drug-likeness (QED) is 0.337. The van der Waals surface area contributed by atoms with E-state index in [4.69, 9.17) is 5.84 Å². The first kappa shape index (κ1) is 14.1. The van der Waals surface area contributed by atoms with Crippen LogP contribution in [0.4, 0.5) is 17.3 Å². The fraction of sp³-hybridized carbons (Fsp3) is 0.500. The van der Waals surface area contributed by atoms with Crippen molar-refractivity contribution in [1.29, 1.82) is 0 Å². The second-order valence-electron chi connectivity index (χ2n) is 4.13. The molecule has 0 aliphatic rings. The third-order valence-corrected chi connectivity index (χ3v) is 2.26. The minimum Gasteiger partial charge on any atom is -0.393 e. The van der Waals surface area contributed by atoms with E-state index < -0.39 is 11.0 Å². The minimum absolute atomic E-state index is 0.0647. The van der Waals surface area contributed by atoms with Gasteiger partial charge in [-0.2, -0.15) is 0 Å². The highest BCUT2D eigenvalue weighted by Crippen LogP contribution is 2.20. The maximum Gasteiger partial charge on any atom is 0.276 e. The Kier molecular flexibility index (Phi) is 4.81. The fourth-order valence-electron chi connectivity index (χ4n) is 1.59. The minimum atomic E-state index is -0.521. The molecule has 0 bridgehead atoms. The van der Waals surface area contributed by atoms with Crippen LogP contribution in [-0.4, -0.2) is 27.2 Å². The number of hydrogen-bond acceptors (Lipinski definition) is 7. The topological polar surface area (TPSA) is 126 Å². The van der Waals surface area contributed by atoms with Crippen molar-refractivity contribution in [2.45, 2.75) is 32.4 Å². The molecule has 0 saturated carbocycles. The third-order valence-electron chi connectivity index (χ3n) is 2.26. The molecule has 8 nitrogen and oxygen atoms in total. The van der Waals surface area contributed by atoms with E-state index in [0.29, 0.717) is 12.2 Å². The second-order valence-corrected chi connectivity index (χ2v) is 4.13. The van der Waals surface area contributed by atoms with Crippen molar-refractivity contribution in [2.24, 2.45) is 5.84 Å². The average Bonchev–Trinajstić information content (AvgIpc) is 2.27. The first-order valence-corrected chi connectivity index (χ1v) is 5.50. The number of nitro groups is 1. The summed E-state index contributed by atoms with van der Waals surface area (Å²) in [6.45, 7) is 3.52. The average molecular weight is 255 g/mol. The fourth-order valence-corrected chi connectivity index (χ4v) is 1.59. The lowest BCUT2D eigenvalue weighted by atomic mass is 10.1. The van der Waals surface area contributed by atoms with Crippen molar-refractivity contribution in [3.63, 3.8) is 0 Å². The van der Waals surface area contributed by atoms with Crippen molar-refractivity contribution >= 4 is 17.3 Å². The van der Waals surface area contributed by atoms with Gasteiger partial charge in [-0.3, -0.25) is 10.1 Å². The van der Waals surface area contributed by atoms with Crippen LogP contribution in [0.3, 0.4) is 0 Å². The summed E-state index contributed by atoms with van der Waals surface area (Å²) in [6, 6.07) is 2.49. The van der Waals surface area contributed by atoms with Crippen molar-refractivity contribution < 1.29 is 10.0 Å². The van der Waals surface area contributed by atoms with Gasteiger partial charge in [0, 0.05) is 6.04 Å². The monoisotopic (exact) mass is 255 g/mol. The predicted molar refractivity (Wildman–Crippen MR) is 68.1 cm³/mol. The number of nitrogens with two attached hydrogens (primary N) is 1. The molecule has 18 heavy (non-hydrogen) atoms. The molecule has 0 aliphatic heterocycles. The lowest BCUT2D eigenvalue weighted by Crippen LogP contribution is -2.21. The maximum atomic E-state index is 10.7. The normalized spacial score (nSPS) is 13.8. The van der Waals surface area contributed by atoms with E-state index in [1.54, 1.807) is 6.92 Å². The van der Waals surface area contributed by atoms with E-state index in [0.717, 1.165) is 0 Å². The molecule has 0 radical (unpaired) electrons. The number of aliphatic hydroxyl groups excluding tert-OH is 1. The van der Waals surface area contributed by atoms with Crippen LogP contribution in [0.1, 0.15) is 20.3 Å². The molecule has 8 heteroatoms. The molecule has 0 amide bonds. The molecule has 100 valence electrons. The number of pyridine rings is 1. The first-order valence-electron chi connectivity index (χ1n) is 5.50. The van der Waals surface area contributed by atoms with Gasteiger partial charge in [0.25, 0.3) is 5.69 Å². The molecule has 1 aromatic heterocycles. The van der Waals surface area contributed by atoms with Crippen LogP contribution in [0.25, 0.3) is 0 Å². The van der Waals surface area contributed by atoms with E-state index in [-0.39, 0.29) is 17.5 Å². The summed E-state index contributed by atoms with van der Waals surface area (Å²) in [5.41, 5.74) is 2.16. The maximum absolute atomic E-state index is 10.7. The summed E-state index contributed by atoms with van der Waals surface area (Å²) in [4.78, 5) is 14.3. The van der Waals surface area contributed by atoms with E-state index in [1.165, 1.54) is 12.1 Å². The van der Waals surface area contributed by atoms with Crippen molar-refractivity contribution in [3.05, 3.63) is 22.2 Å². The molecule has 0 aromatic carbocycles. The lowest BCUT2D eigenvalue weighted by Gasteiger charge is -2.16. The van der Waals surface area contributed by atoms with Crippen LogP contribution in [0.15, 0.2) is 12.1 Å². The zero-order valence-electron chi connectivity index (χ0n) is 10.3. The third kappa shape index (κ3) is 4.15. The zero-order chi connectivity index (χ0) is 13.7. The van der Waals surface area contributed by atoms with Gasteiger partial charge in [-0.15, -0.1) is 0 Å². The number of hydrogen-bond donors (Lipinski definition) is 4. The summed E-state index contributed by atoms with van der Waals surface area (Å²) in [5, 5.41) is 22.9. The summed E-state index contributed by atoms with van der Waals surface area (Å²) < 4.78 is 0. The largest absolute Gasteiger partial charge is 0.393 e. The second kappa shape index (κ2) is 6.12. The molecule has 5 N–H and O–H groups in total. The summed E-state index contributed by atoms with van der Waals surface area (Å²) in [6.07, 6.45) is 0.0498. The number of anilines is 2. The van der Waals surface area contributed by atoms with Gasteiger partial charge in [0.05, 0.1) is 23.2 Å². The van der Waals surface area contributed by atoms with Gasteiger partial charge in [0.15, 0.2) is 0 Å². The van der Waals surface area contributed by atoms with Gasteiger partial charge in [-0.1, -0.05) is 0 Å². The van der Waals surface area contributed by atoms with Crippen molar-refractivity contribution in [2.75, 3.05) is 10.7 Å². The molecule has 0 saturated heterocycles. The van der Waals surface area contributed by atoms with Gasteiger partial charge < -0.3 is 15.8 Å². The first-order chi connectivity index (χ1) is 8.42. The number of nitrogens with one attached hydrogen (secondary N) is 2. The van der Waals surface area contributed by atoms with Gasteiger partial charge in [-0.25, -0.2) is 10.8 Å². The number of hydrazine groups is 1. The van der Waals surface area contributed by atoms with E-state index in [2.05, 4.69) is 15.7 Å². The Hall–Kier alpha value is -1.93. The Morgan fingerprint density at radius 3 is 2.61 bits per heavy atom. The number of rotatable bonds is 6. The van der Waals surface area contributed by atoms with Crippen LogP contribution in [0.5, 0.6) is 0 Å². The summed E-state index contributed by atoms with van der Waals surface area (Å²) >= 11 is 0. The van der Waals surface area contributed by atoms with Crippen LogP contribution in [-0.2, 0) is 0 Å². The van der Waals surface area contributed by atoms with Gasteiger partial charge in [-0.05, 0) is 20.3 Å². The molecule has 0 spiro atoms. The molecular formula is C10H17N5O3. The Morgan fingerprint density at radius 1 is 1.50 bits per heavy atom. The highest BCUT2D eigenvalue weighted by atomic mass is 16.6. The number of nitrogens with zero attached hydrogens (tertiary/aromatic N) is 2. The molecular weight excluding hydrogens is 238 g/mol. The zero-order valence-corrected chi connectivity index (χ0v) is 10.3. The van der Waals surface area contributed by atoms with Crippen molar-refractivity contribution in [1.82, 2.24) is 4.98 Å². The summed E-state index contributed by atoms with van der Waals surface area (Å²) in [5.74, 6) is 5.74. The Labute approximate surface area is 104 Å². The van der Waals surface area contributed by atoms with Crippen LogP contribution < -0.4 is 16.6 Å². The molecule has 1 aromatic rings. The SMILES string of the molecule is CC(O)CC(C)Nc1cc([N+](=O)[O-])cc(NN)n1. The highest BCUT2D eigenvalue weighted by molar-refractivity contribution is 5.54. The number of aliphatic hydroxyl groups is 1. The smallest absolute Gasteiger partial charge is 0.276 e. The summed E-state index contributed by atoms with van der Waals surface area (Å²) in [7, 11) is 0.